The van der Waals surface area contributed by atoms with Crippen LogP contribution in [0.1, 0.15) is 39.0 Å². The molecule has 5 nitrogen and oxygen atoms in total. The van der Waals surface area contributed by atoms with E-state index >= 15 is 0 Å². The zero-order chi connectivity index (χ0) is 13.4. The number of carbonyl (C=O) groups is 2. The van der Waals surface area contributed by atoms with Crippen LogP contribution in [0.2, 0.25) is 0 Å². The average molecular weight is 256 g/mol. The second kappa shape index (κ2) is 7.87. The average Bonchev–Trinajstić information content (AvgIpc) is 2.37. The van der Waals surface area contributed by atoms with Crippen LogP contribution in [-0.2, 0) is 23.8 Å². The van der Waals surface area contributed by atoms with Gasteiger partial charge in [-0.1, -0.05) is 25.8 Å². The Bertz CT molecular complexity index is 305. The molecule has 0 spiro atoms. The van der Waals surface area contributed by atoms with Crippen molar-refractivity contribution in [2.45, 2.75) is 45.1 Å². The number of carbonyl (C=O) groups excluding carboxylic acids is 2. The molecule has 0 aromatic carbocycles. The van der Waals surface area contributed by atoms with E-state index in [0.717, 1.165) is 25.7 Å². The van der Waals surface area contributed by atoms with Gasteiger partial charge in [0.25, 0.3) is 0 Å². The van der Waals surface area contributed by atoms with Crippen LogP contribution in [0.4, 0.5) is 0 Å². The molecule has 1 rings (SSSR count). The normalized spacial score (nSPS) is 16.1. The van der Waals surface area contributed by atoms with Gasteiger partial charge < -0.3 is 14.2 Å². The fourth-order valence-electron chi connectivity index (χ4n) is 1.72. The van der Waals surface area contributed by atoms with Crippen molar-refractivity contribution in [3.8, 4) is 0 Å². The lowest BCUT2D eigenvalue weighted by molar-refractivity contribution is -0.170. The van der Waals surface area contributed by atoms with Crippen molar-refractivity contribution < 1.29 is 23.8 Å². The largest absolute Gasteiger partial charge is 0.450 e. The number of esters is 2. The molecular formula is C13H20O5. The molecule has 1 aliphatic rings. The first kappa shape index (κ1) is 14.7. The Balaban J connectivity index is 2.06. The highest BCUT2D eigenvalue weighted by molar-refractivity contribution is 5.88. The molecule has 0 radical (unpaired) electrons. The number of ether oxygens (including phenoxy) is 3. The van der Waals surface area contributed by atoms with Gasteiger partial charge in [-0.05, 0) is 19.8 Å². The summed E-state index contributed by atoms with van der Waals surface area (Å²) in [5, 5.41) is 0. The Morgan fingerprint density at radius 2 is 1.83 bits per heavy atom. The van der Waals surface area contributed by atoms with Gasteiger partial charge in [-0.2, -0.15) is 0 Å². The third-order valence-electron chi connectivity index (χ3n) is 2.75. The molecule has 1 aliphatic carbocycles. The molecule has 0 heterocycles. The Morgan fingerprint density at radius 3 is 2.44 bits per heavy atom. The van der Waals surface area contributed by atoms with E-state index in [1.165, 1.54) is 13.3 Å². The van der Waals surface area contributed by atoms with Gasteiger partial charge in [0.05, 0.1) is 6.10 Å². The molecule has 0 saturated heterocycles. The monoisotopic (exact) mass is 256 g/mol. The number of rotatable bonds is 6. The van der Waals surface area contributed by atoms with Crippen LogP contribution < -0.4 is 0 Å². The van der Waals surface area contributed by atoms with Crippen LogP contribution in [0.5, 0.6) is 0 Å². The third kappa shape index (κ3) is 5.82. The van der Waals surface area contributed by atoms with Gasteiger partial charge in [0.1, 0.15) is 0 Å². The van der Waals surface area contributed by atoms with E-state index in [1.54, 1.807) is 0 Å². The zero-order valence-corrected chi connectivity index (χ0v) is 10.8. The van der Waals surface area contributed by atoms with Crippen molar-refractivity contribution in [2.75, 3.05) is 13.4 Å². The van der Waals surface area contributed by atoms with Crippen LogP contribution in [0.25, 0.3) is 0 Å². The summed E-state index contributed by atoms with van der Waals surface area (Å²) in [6, 6.07) is 0. The second-order valence-corrected chi connectivity index (χ2v) is 4.42. The molecule has 0 N–H and O–H groups in total. The number of hydrogen-bond acceptors (Lipinski definition) is 5. The van der Waals surface area contributed by atoms with Gasteiger partial charge in [-0.15, -0.1) is 0 Å². The molecule has 0 aromatic heterocycles. The Morgan fingerprint density at radius 1 is 1.17 bits per heavy atom. The van der Waals surface area contributed by atoms with Gasteiger partial charge in [0.2, 0.25) is 0 Å². The van der Waals surface area contributed by atoms with Crippen molar-refractivity contribution in [1.29, 1.82) is 0 Å². The van der Waals surface area contributed by atoms with Crippen LogP contribution >= 0.6 is 0 Å². The van der Waals surface area contributed by atoms with Gasteiger partial charge >= 0.3 is 11.9 Å². The molecule has 0 amide bonds. The standard InChI is InChI=1S/C13H20O5/c1-10(2)13(15)16-8-12(14)18-9-17-11-6-4-3-5-7-11/h11H,1,3-9H2,2H3. The lowest BCUT2D eigenvalue weighted by Gasteiger charge is -2.21. The maximum absolute atomic E-state index is 11.2. The van der Waals surface area contributed by atoms with Gasteiger partial charge in [0.15, 0.2) is 13.4 Å². The fourth-order valence-corrected chi connectivity index (χ4v) is 1.72. The highest BCUT2D eigenvalue weighted by atomic mass is 16.7. The summed E-state index contributed by atoms with van der Waals surface area (Å²) in [5.74, 6) is -1.21. The van der Waals surface area contributed by atoms with Crippen LogP contribution in [-0.4, -0.2) is 31.4 Å². The molecular weight excluding hydrogens is 236 g/mol. The van der Waals surface area contributed by atoms with E-state index in [9.17, 15) is 9.59 Å². The van der Waals surface area contributed by atoms with E-state index < -0.39 is 18.5 Å². The molecule has 102 valence electrons. The van der Waals surface area contributed by atoms with Crippen LogP contribution in [0.15, 0.2) is 12.2 Å². The minimum absolute atomic E-state index is 0.0753. The zero-order valence-electron chi connectivity index (χ0n) is 10.8. The van der Waals surface area contributed by atoms with Crippen LogP contribution in [0.3, 0.4) is 0 Å². The molecule has 0 aromatic rings. The summed E-state index contributed by atoms with van der Waals surface area (Å²) in [5.41, 5.74) is 0.251. The lowest BCUT2D eigenvalue weighted by Crippen LogP contribution is -2.22. The molecule has 0 bridgehead atoms. The molecule has 1 fully saturated rings. The molecule has 0 unspecified atom stereocenters. The highest BCUT2D eigenvalue weighted by Gasteiger charge is 2.14. The summed E-state index contributed by atoms with van der Waals surface area (Å²) in [6.07, 6.45) is 5.79. The van der Waals surface area contributed by atoms with Crippen molar-refractivity contribution in [3.05, 3.63) is 12.2 Å². The molecule has 0 aliphatic heterocycles. The lowest BCUT2D eigenvalue weighted by atomic mass is 9.98. The fraction of sp³-hybridized carbons (Fsp3) is 0.692. The molecule has 18 heavy (non-hydrogen) atoms. The van der Waals surface area contributed by atoms with Gasteiger partial charge in [-0.3, -0.25) is 0 Å². The van der Waals surface area contributed by atoms with Crippen molar-refractivity contribution in [1.82, 2.24) is 0 Å². The first-order valence-corrected chi connectivity index (χ1v) is 6.19. The highest BCUT2D eigenvalue weighted by Crippen LogP contribution is 2.19. The SMILES string of the molecule is C=C(C)C(=O)OCC(=O)OCOC1CCCCC1. The Hall–Kier alpha value is -1.36. The maximum atomic E-state index is 11.2. The summed E-state index contributed by atoms with van der Waals surface area (Å²) in [6.45, 7) is 4.44. The van der Waals surface area contributed by atoms with E-state index in [2.05, 4.69) is 11.3 Å². The third-order valence-corrected chi connectivity index (χ3v) is 2.75. The summed E-state index contributed by atoms with van der Waals surface area (Å²) in [7, 11) is 0. The van der Waals surface area contributed by atoms with Crippen molar-refractivity contribution in [3.63, 3.8) is 0 Å². The minimum atomic E-state index is -0.611. The molecule has 0 atom stereocenters. The Labute approximate surface area is 107 Å². The van der Waals surface area contributed by atoms with E-state index in [-0.39, 0.29) is 18.5 Å². The quantitative estimate of drug-likeness (QED) is 0.413. The molecule has 5 heteroatoms. The summed E-state index contributed by atoms with van der Waals surface area (Å²) < 4.78 is 14.9. The molecule has 1 saturated carbocycles. The minimum Gasteiger partial charge on any atom is -0.450 e. The number of hydrogen-bond donors (Lipinski definition) is 0. The summed E-state index contributed by atoms with van der Waals surface area (Å²) >= 11 is 0. The van der Waals surface area contributed by atoms with E-state index in [1.807, 2.05) is 0 Å². The summed E-state index contributed by atoms with van der Waals surface area (Å²) in [4.78, 5) is 22.2. The van der Waals surface area contributed by atoms with E-state index in [4.69, 9.17) is 9.47 Å². The predicted molar refractivity (Wildman–Crippen MR) is 64.7 cm³/mol. The second-order valence-electron chi connectivity index (χ2n) is 4.42. The first-order chi connectivity index (χ1) is 8.59. The van der Waals surface area contributed by atoms with E-state index in [0.29, 0.717) is 0 Å². The van der Waals surface area contributed by atoms with Crippen molar-refractivity contribution in [2.24, 2.45) is 0 Å². The van der Waals surface area contributed by atoms with Crippen molar-refractivity contribution >= 4 is 11.9 Å². The maximum Gasteiger partial charge on any atom is 0.346 e. The van der Waals surface area contributed by atoms with Gasteiger partial charge in [-0.25, -0.2) is 9.59 Å². The predicted octanol–water partition coefficient (Wildman–Crippen LogP) is 1.96. The van der Waals surface area contributed by atoms with Gasteiger partial charge in [0, 0.05) is 5.57 Å². The first-order valence-electron chi connectivity index (χ1n) is 6.19. The topological polar surface area (TPSA) is 61.8 Å². The Kier molecular flexibility index (Phi) is 6.43. The van der Waals surface area contributed by atoms with Crippen LogP contribution in [0, 0.1) is 0 Å². The smallest absolute Gasteiger partial charge is 0.346 e.